The maximum absolute atomic E-state index is 4.18. The lowest BCUT2D eigenvalue weighted by Gasteiger charge is -2.04. The molecule has 0 aliphatic carbocycles. The molecular weight excluding hydrogens is 212 g/mol. The summed E-state index contributed by atoms with van der Waals surface area (Å²) in [6.07, 6.45) is 4.72. The van der Waals surface area contributed by atoms with Gasteiger partial charge in [0.25, 0.3) is 0 Å². The molecule has 4 nitrogen and oxygen atoms in total. The summed E-state index contributed by atoms with van der Waals surface area (Å²) < 4.78 is 0. The van der Waals surface area contributed by atoms with Gasteiger partial charge < -0.3 is 0 Å². The van der Waals surface area contributed by atoms with E-state index in [0.29, 0.717) is 11.7 Å². The van der Waals surface area contributed by atoms with E-state index in [2.05, 4.69) is 34.6 Å². The highest BCUT2D eigenvalue weighted by atomic mass is 15.3. The van der Waals surface area contributed by atoms with Crippen LogP contribution in [0.2, 0.25) is 0 Å². The summed E-state index contributed by atoms with van der Waals surface area (Å²) >= 11 is 0. The van der Waals surface area contributed by atoms with Crippen LogP contribution in [0.3, 0.4) is 0 Å². The predicted molar refractivity (Wildman–Crippen MR) is 71.1 cm³/mol. The zero-order chi connectivity index (χ0) is 12.1. The van der Waals surface area contributed by atoms with E-state index in [1.54, 1.807) is 6.20 Å². The number of nitrogens with zero attached hydrogens (tertiary/aromatic N) is 3. The van der Waals surface area contributed by atoms with Gasteiger partial charge in [-0.2, -0.15) is 10.2 Å². The van der Waals surface area contributed by atoms with Crippen molar-refractivity contribution in [1.29, 1.82) is 0 Å². The highest BCUT2D eigenvalue weighted by Gasteiger charge is 2.00. The first-order valence-corrected chi connectivity index (χ1v) is 5.81. The molecule has 0 saturated carbocycles. The van der Waals surface area contributed by atoms with Crippen LogP contribution >= 0.6 is 0 Å². The number of anilines is 1. The minimum absolute atomic E-state index is 0.463. The van der Waals surface area contributed by atoms with Crippen LogP contribution in [0.5, 0.6) is 0 Å². The molecule has 1 aromatic carbocycles. The zero-order valence-electron chi connectivity index (χ0n) is 10.1. The Morgan fingerprint density at radius 3 is 3.06 bits per heavy atom. The van der Waals surface area contributed by atoms with Gasteiger partial charge in [-0.25, -0.2) is 0 Å². The lowest BCUT2D eigenvalue weighted by Crippen LogP contribution is -1.99. The normalized spacial score (nSPS) is 13.1. The number of aromatic nitrogens is 2. The topological polar surface area (TPSA) is 50.2 Å². The first kappa shape index (κ1) is 11.5. The highest BCUT2D eigenvalue weighted by molar-refractivity contribution is 5.90. The van der Waals surface area contributed by atoms with Gasteiger partial charge in [0.15, 0.2) is 5.82 Å². The first-order chi connectivity index (χ1) is 8.31. The van der Waals surface area contributed by atoms with E-state index in [1.165, 1.54) is 0 Å². The van der Waals surface area contributed by atoms with Gasteiger partial charge in [-0.1, -0.05) is 38.1 Å². The molecule has 0 radical (unpaired) electrons. The average Bonchev–Trinajstić information content (AvgIpc) is 2.39. The third-order valence-electron chi connectivity index (χ3n) is 2.71. The maximum Gasteiger partial charge on any atom is 0.176 e. The van der Waals surface area contributed by atoms with Gasteiger partial charge in [0, 0.05) is 17.0 Å². The van der Waals surface area contributed by atoms with Gasteiger partial charge in [-0.05, 0) is 12.3 Å². The van der Waals surface area contributed by atoms with E-state index in [-0.39, 0.29) is 0 Å². The molecule has 2 aromatic rings. The van der Waals surface area contributed by atoms with Crippen LogP contribution in [-0.2, 0) is 0 Å². The molecule has 0 aliphatic heterocycles. The van der Waals surface area contributed by atoms with Crippen molar-refractivity contribution in [3.8, 4) is 0 Å². The van der Waals surface area contributed by atoms with Crippen LogP contribution in [0.1, 0.15) is 20.3 Å². The number of rotatable bonds is 4. The van der Waals surface area contributed by atoms with E-state index in [9.17, 15) is 0 Å². The van der Waals surface area contributed by atoms with Crippen molar-refractivity contribution in [2.45, 2.75) is 20.3 Å². The van der Waals surface area contributed by atoms with E-state index in [0.717, 1.165) is 17.2 Å². The maximum atomic E-state index is 4.18. The molecule has 0 aliphatic rings. The van der Waals surface area contributed by atoms with E-state index in [4.69, 9.17) is 0 Å². The van der Waals surface area contributed by atoms with Gasteiger partial charge >= 0.3 is 0 Å². The molecule has 1 unspecified atom stereocenters. The van der Waals surface area contributed by atoms with Gasteiger partial charge in [0.1, 0.15) is 0 Å². The van der Waals surface area contributed by atoms with Crippen LogP contribution in [0.15, 0.2) is 35.6 Å². The molecule has 2 rings (SSSR count). The van der Waals surface area contributed by atoms with Crippen molar-refractivity contribution >= 4 is 22.8 Å². The Labute approximate surface area is 101 Å². The third kappa shape index (κ3) is 2.78. The Kier molecular flexibility index (Phi) is 3.65. The van der Waals surface area contributed by atoms with Crippen LogP contribution in [-0.4, -0.2) is 16.4 Å². The van der Waals surface area contributed by atoms with Crippen LogP contribution in [0.4, 0.5) is 5.82 Å². The minimum atomic E-state index is 0.463. The van der Waals surface area contributed by atoms with E-state index in [1.807, 2.05) is 30.5 Å². The number of hydrogen-bond donors (Lipinski definition) is 1. The number of fused-ring (bicyclic) bond motifs is 1. The molecule has 0 fully saturated rings. The molecule has 17 heavy (non-hydrogen) atoms. The van der Waals surface area contributed by atoms with E-state index < -0.39 is 0 Å². The monoisotopic (exact) mass is 228 g/mol. The van der Waals surface area contributed by atoms with Gasteiger partial charge in [-0.15, -0.1) is 5.10 Å². The molecule has 0 amide bonds. The van der Waals surface area contributed by atoms with Crippen molar-refractivity contribution in [3.63, 3.8) is 0 Å². The second-order valence-corrected chi connectivity index (χ2v) is 4.06. The fourth-order valence-corrected chi connectivity index (χ4v) is 1.44. The Morgan fingerprint density at radius 2 is 2.24 bits per heavy atom. The summed E-state index contributed by atoms with van der Waals surface area (Å²) in [4.78, 5) is 0. The summed E-state index contributed by atoms with van der Waals surface area (Å²) in [5, 5.41) is 14.3. The van der Waals surface area contributed by atoms with Gasteiger partial charge in [0.05, 0.1) is 6.20 Å². The molecule has 1 heterocycles. The molecule has 88 valence electrons. The summed E-state index contributed by atoms with van der Waals surface area (Å²) in [5.74, 6) is 1.16. The van der Waals surface area contributed by atoms with Crippen molar-refractivity contribution in [1.82, 2.24) is 10.2 Å². The summed E-state index contributed by atoms with van der Waals surface area (Å²) in [5.41, 5.74) is 2.95. The number of hydrazone groups is 1. The number of nitrogens with one attached hydrogen (secondary N) is 1. The minimum Gasteiger partial charge on any atom is -0.260 e. The molecule has 0 spiro atoms. The van der Waals surface area contributed by atoms with Crippen LogP contribution in [0, 0.1) is 5.92 Å². The summed E-state index contributed by atoms with van der Waals surface area (Å²) in [7, 11) is 0. The fraction of sp³-hybridized carbons (Fsp3) is 0.308. The fourth-order valence-electron chi connectivity index (χ4n) is 1.44. The van der Waals surface area contributed by atoms with Crippen molar-refractivity contribution in [2.24, 2.45) is 11.0 Å². The highest BCUT2D eigenvalue weighted by Crippen LogP contribution is 2.18. The van der Waals surface area contributed by atoms with Crippen LogP contribution < -0.4 is 5.43 Å². The smallest absolute Gasteiger partial charge is 0.176 e. The largest absolute Gasteiger partial charge is 0.260 e. The standard InChI is InChI=1S/C13H16N4/c1-3-10(2)8-14-16-13-12-7-5-4-6-11(12)9-15-17-13/h4-10H,3H2,1-2H3,(H,16,17)/b14-8-. The lowest BCUT2D eigenvalue weighted by atomic mass is 10.1. The van der Waals surface area contributed by atoms with E-state index >= 15 is 0 Å². The van der Waals surface area contributed by atoms with Crippen molar-refractivity contribution in [3.05, 3.63) is 30.5 Å². The zero-order valence-corrected chi connectivity index (χ0v) is 10.1. The Hall–Kier alpha value is -1.97. The van der Waals surface area contributed by atoms with Gasteiger partial charge in [0.2, 0.25) is 0 Å². The molecule has 0 saturated heterocycles. The Morgan fingerprint density at radius 1 is 1.41 bits per heavy atom. The number of benzene rings is 1. The summed E-state index contributed by atoms with van der Waals surface area (Å²) in [6, 6.07) is 7.97. The Bertz CT molecular complexity index is 516. The lowest BCUT2D eigenvalue weighted by molar-refractivity contribution is 0.753. The molecule has 4 heteroatoms. The quantitative estimate of drug-likeness (QED) is 0.646. The number of hydrogen-bond acceptors (Lipinski definition) is 4. The molecule has 1 aromatic heterocycles. The van der Waals surface area contributed by atoms with Crippen molar-refractivity contribution < 1.29 is 0 Å². The first-order valence-electron chi connectivity index (χ1n) is 5.81. The molecule has 0 bridgehead atoms. The van der Waals surface area contributed by atoms with Crippen LogP contribution in [0.25, 0.3) is 10.8 Å². The average molecular weight is 228 g/mol. The third-order valence-corrected chi connectivity index (χ3v) is 2.71. The van der Waals surface area contributed by atoms with Crippen molar-refractivity contribution in [2.75, 3.05) is 5.43 Å². The Balaban J connectivity index is 2.21. The predicted octanol–water partition coefficient (Wildman–Crippen LogP) is 3.07. The molecule has 1 atom stereocenters. The second-order valence-electron chi connectivity index (χ2n) is 4.06. The van der Waals surface area contributed by atoms with Gasteiger partial charge in [-0.3, -0.25) is 5.43 Å². The second kappa shape index (κ2) is 5.39. The molecular formula is C13H16N4. The SMILES string of the molecule is CCC(C)/C=N\Nc1nncc2ccccc12. The molecule has 1 N–H and O–H groups in total. The summed E-state index contributed by atoms with van der Waals surface area (Å²) in [6.45, 7) is 4.26.